The molecule has 0 spiro atoms. The van der Waals surface area contributed by atoms with Crippen molar-refractivity contribution in [2.75, 3.05) is 6.54 Å². The lowest BCUT2D eigenvalue weighted by Gasteiger charge is -2.23. The van der Waals surface area contributed by atoms with Crippen LogP contribution in [0, 0.1) is 0 Å². The molecule has 0 unspecified atom stereocenters. The van der Waals surface area contributed by atoms with Crippen molar-refractivity contribution in [1.82, 2.24) is 9.88 Å². The van der Waals surface area contributed by atoms with Gasteiger partial charge in [-0.3, -0.25) is 9.59 Å². The zero-order chi connectivity index (χ0) is 15.4. The summed E-state index contributed by atoms with van der Waals surface area (Å²) in [5.74, 6) is -1.39. The van der Waals surface area contributed by atoms with Crippen molar-refractivity contribution < 1.29 is 14.7 Å². The van der Waals surface area contributed by atoms with Gasteiger partial charge < -0.3 is 10.0 Å². The number of amides is 1. The number of aliphatic carboxylic acids is 1. The minimum atomic E-state index is -1.03. The normalized spacial score (nSPS) is 10.6. The summed E-state index contributed by atoms with van der Waals surface area (Å²) in [6, 6.07) is 9.37. The van der Waals surface area contributed by atoms with E-state index < -0.39 is 5.97 Å². The smallest absolute Gasteiger partial charge is 0.323 e. The molecule has 5 nitrogen and oxygen atoms in total. The minimum Gasteiger partial charge on any atom is -0.480 e. The van der Waals surface area contributed by atoms with Crippen LogP contribution in [0.5, 0.6) is 0 Å². The molecule has 0 bridgehead atoms. The molecule has 21 heavy (non-hydrogen) atoms. The van der Waals surface area contributed by atoms with Gasteiger partial charge in [-0.2, -0.15) is 0 Å². The number of thiazole rings is 1. The van der Waals surface area contributed by atoms with Crippen LogP contribution >= 0.6 is 11.3 Å². The first-order valence-electron chi connectivity index (χ1n) is 6.52. The van der Waals surface area contributed by atoms with E-state index in [9.17, 15) is 9.59 Å². The van der Waals surface area contributed by atoms with E-state index in [2.05, 4.69) is 4.98 Å². The van der Waals surface area contributed by atoms with Crippen LogP contribution in [0.4, 0.5) is 0 Å². The van der Waals surface area contributed by atoms with E-state index in [4.69, 9.17) is 5.11 Å². The van der Waals surface area contributed by atoms with Gasteiger partial charge in [0, 0.05) is 17.0 Å². The Balaban J connectivity index is 2.23. The van der Waals surface area contributed by atoms with Crippen molar-refractivity contribution in [3.8, 4) is 10.6 Å². The maximum absolute atomic E-state index is 12.4. The Hall–Kier alpha value is -2.21. The van der Waals surface area contributed by atoms with E-state index in [-0.39, 0.29) is 24.2 Å². The maximum Gasteiger partial charge on any atom is 0.323 e. The first kappa shape index (κ1) is 15.2. The molecule has 1 N–H and O–H groups in total. The summed E-state index contributed by atoms with van der Waals surface area (Å²) in [6.07, 6.45) is 0. The van der Waals surface area contributed by atoms with Gasteiger partial charge in [0.15, 0.2) is 0 Å². The Bertz CT molecular complexity index is 637. The summed E-state index contributed by atoms with van der Waals surface area (Å²) in [4.78, 5) is 28.9. The lowest BCUT2D eigenvalue weighted by molar-refractivity contribution is -0.138. The van der Waals surface area contributed by atoms with Crippen LogP contribution in [0.15, 0.2) is 35.7 Å². The standard InChI is InChI=1S/C15H16N2O3S/c1-10(2)17(8-13(18)19)15(20)12-9-21-14(16-12)11-6-4-3-5-7-11/h3-7,9-10H,8H2,1-2H3,(H,18,19). The SMILES string of the molecule is CC(C)N(CC(=O)O)C(=O)c1csc(-c2ccccc2)n1. The second kappa shape index (κ2) is 6.49. The van der Waals surface area contributed by atoms with Crippen molar-refractivity contribution in [2.45, 2.75) is 19.9 Å². The zero-order valence-electron chi connectivity index (χ0n) is 11.8. The van der Waals surface area contributed by atoms with E-state index in [1.807, 2.05) is 30.3 Å². The first-order chi connectivity index (χ1) is 9.99. The fraction of sp³-hybridized carbons (Fsp3) is 0.267. The summed E-state index contributed by atoms with van der Waals surface area (Å²) in [5, 5.41) is 11.3. The molecule has 1 aromatic heterocycles. The second-order valence-corrected chi connectivity index (χ2v) is 5.68. The van der Waals surface area contributed by atoms with E-state index in [1.165, 1.54) is 16.2 Å². The van der Waals surface area contributed by atoms with Gasteiger partial charge in [0.2, 0.25) is 0 Å². The minimum absolute atomic E-state index is 0.199. The number of aromatic nitrogens is 1. The molecule has 1 heterocycles. The number of rotatable bonds is 5. The highest BCUT2D eigenvalue weighted by atomic mass is 32.1. The largest absolute Gasteiger partial charge is 0.480 e. The molecule has 0 atom stereocenters. The van der Waals surface area contributed by atoms with E-state index in [0.717, 1.165) is 10.6 Å². The van der Waals surface area contributed by atoms with Crippen molar-refractivity contribution in [2.24, 2.45) is 0 Å². The van der Waals surface area contributed by atoms with Gasteiger partial charge in [-0.05, 0) is 13.8 Å². The molecule has 0 saturated heterocycles. The lowest BCUT2D eigenvalue weighted by atomic mass is 10.2. The van der Waals surface area contributed by atoms with Gasteiger partial charge in [0.1, 0.15) is 17.2 Å². The van der Waals surface area contributed by atoms with Crippen LogP contribution in [0.25, 0.3) is 10.6 Å². The van der Waals surface area contributed by atoms with Crippen molar-refractivity contribution >= 4 is 23.2 Å². The molecule has 0 aliphatic carbocycles. The van der Waals surface area contributed by atoms with Crippen LogP contribution in [-0.2, 0) is 4.79 Å². The zero-order valence-corrected chi connectivity index (χ0v) is 12.6. The Kier molecular flexibility index (Phi) is 4.70. The van der Waals surface area contributed by atoms with Gasteiger partial charge in [0.25, 0.3) is 5.91 Å². The Morgan fingerprint density at radius 3 is 2.52 bits per heavy atom. The average molecular weight is 304 g/mol. The quantitative estimate of drug-likeness (QED) is 0.922. The molecular weight excluding hydrogens is 288 g/mol. The lowest BCUT2D eigenvalue weighted by Crippen LogP contribution is -2.40. The number of carboxylic acids is 1. The molecule has 0 aliphatic rings. The predicted molar refractivity (Wildman–Crippen MR) is 81.4 cm³/mol. The fourth-order valence-corrected chi connectivity index (χ4v) is 2.67. The van der Waals surface area contributed by atoms with Crippen LogP contribution in [0.3, 0.4) is 0 Å². The summed E-state index contributed by atoms with van der Waals surface area (Å²) in [6.45, 7) is 3.24. The van der Waals surface area contributed by atoms with Gasteiger partial charge in [-0.25, -0.2) is 4.98 Å². The highest BCUT2D eigenvalue weighted by Crippen LogP contribution is 2.24. The van der Waals surface area contributed by atoms with Crippen LogP contribution in [0.1, 0.15) is 24.3 Å². The van der Waals surface area contributed by atoms with Crippen molar-refractivity contribution in [1.29, 1.82) is 0 Å². The van der Waals surface area contributed by atoms with Gasteiger partial charge in [-0.15, -0.1) is 11.3 Å². The summed E-state index contributed by atoms with van der Waals surface area (Å²) in [5.41, 5.74) is 1.23. The highest BCUT2D eigenvalue weighted by molar-refractivity contribution is 7.13. The van der Waals surface area contributed by atoms with Crippen LogP contribution in [-0.4, -0.2) is 39.5 Å². The second-order valence-electron chi connectivity index (χ2n) is 4.82. The Labute approximate surface area is 126 Å². The third kappa shape index (κ3) is 3.66. The maximum atomic E-state index is 12.4. The molecule has 2 aromatic rings. The number of carbonyl (C=O) groups excluding carboxylic acids is 1. The highest BCUT2D eigenvalue weighted by Gasteiger charge is 2.23. The molecule has 6 heteroatoms. The monoisotopic (exact) mass is 304 g/mol. The summed E-state index contributed by atoms with van der Waals surface area (Å²) >= 11 is 1.37. The number of benzene rings is 1. The number of carbonyl (C=O) groups is 2. The average Bonchev–Trinajstić information content (AvgIpc) is 2.94. The van der Waals surface area contributed by atoms with Crippen molar-refractivity contribution in [3.05, 3.63) is 41.4 Å². The topological polar surface area (TPSA) is 70.5 Å². The molecule has 0 radical (unpaired) electrons. The fourth-order valence-electron chi connectivity index (χ4n) is 1.87. The molecule has 0 saturated carbocycles. The number of nitrogens with zero attached hydrogens (tertiary/aromatic N) is 2. The van der Waals surface area contributed by atoms with Gasteiger partial charge >= 0.3 is 5.97 Å². The first-order valence-corrected chi connectivity index (χ1v) is 7.40. The molecule has 1 aromatic carbocycles. The number of carboxylic acid groups (broad SMARTS) is 1. The molecule has 0 fully saturated rings. The van der Waals surface area contributed by atoms with Crippen LogP contribution in [0.2, 0.25) is 0 Å². The molecular formula is C15H16N2O3S. The Morgan fingerprint density at radius 2 is 1.95 bits per heavy atom. The molecule has 0 aliphatic heterocycles. The van der Waals surface area contributed by atoms with Crippen molar-refractivity contribution in [3.63, 3.8) is 0 Å². The third-order valence-corrected chi connectivity index (χ3v) is 3.83. The van der Waals surface area contributed by atoms with Gasteiger partial charge in [-0.1, -0.05) is 30.3 Å². The Morgan fingerprint density at radius 1 is 1.29 bits per heavy atom. The summed E-state index contributed by atoms with van der Waals surface area (Å²) < 4.78 is 0. The predicted octanol–water partition coefficient (Wildman–Crippen LogP) is 2.75. The molecule has 110 valence electrons. The van der Waals surface area contributed by atoms with E-state index >= 15 is 0 Å². The summed E-state index contributed by atoms with van der Waals surface area (Å²) in [7, 11) is 0. The molecule has 1 amide bonds. The van der Waals surface area contributed by atoms with Crippen LogP contribution < -0.4 is 0 Å². The number of hydrogen-bond acceptors (Lipinski definition) is 4. The van der Waals surface area contributed by atoms with Gasteiger partial charge in [0.05, 0.1) is 0 Å². The number of hydrogen-bond donors (Lipinski definition) is 1. The molecule has 2 rings (SSSR count). The van der Waals surface area contributed by atoms with E-state index in [0.29, 0.717) is 0 Å². The van der Waals surface area contributed by atoms with E-state index in [1.54, 1.807) is 19.2 Å². The third-order valence-electron chi connectivity index (χ3n) is 2.93.